The van der Waals surface area contributed by atoms with Crippen LogP contribution in [0.3, 0.4) is 0 Å². The van der Waals surface area contributed by atoms with Gasteiger partial charge in [-0.05, 0) is 42.0 Å². The Labute approximate surface area is 198 Å². The van der Waals surface area contributed by atoms with Crippen molar-refractivity contribution in [2.75, 3.05) is 31.2 Å². The first kappa shape index (κ1) is 20.9. The second kappa shape index (κ2) is 8.27. The maximum Gasteiger partial charge on any atom is 0.269 e. The number of azo groups is 1. The van der Waals surface area contributed by atoms with Crippen LogP contribution in [-0.2, 0) is 16.0 Å². The van der Waals surface area contributed by atoms with E-state index in [2.05, 4.69) is 20.1 Å². The average molecular weight is 477 g/mol. The number of carbonyl (C=O) groups excluding carboxylic acids is 1. The Hall–Kier alpha value is -3.69. The molecule has 0 atom stereocenters. The lowest BCUT2D eigenvalue weighted by molar-refractivity contribution is -0.117. The topological polar surface area (TPSA) is 84.5 Å². The summed E-state index contributed by atoms with van der Waals surface area (Å²) in [7, 11) is 0. The van der Waals surface area contributed by atoms with Gasteiger partial charge < -0.3 is 9.64 Å². The third kappa shape index (κ3) is 3.53. The molecular weight excluding hydrogens is 459 g/mol. The normalized spacial score (nSPS) is 15.7. The molecule has 1 amide bonds. The molecule has 0 radical (unpaired) electrons. The van der Waals surface area contributed by atoms with Crippen LogP contribution in [0.2, 0.25) is 5.15 Å². The first-order valence-electron chi connectivity index (χ1n) is 10.8. The fourth-order valence-corrected chi connectivity index (χ4v) is 4.57. The van der Waals surface area contributed by atoms with Gasteiger partial charge in [-0.1, -0.05) is 17.7 Å². The molecule has 8 nitrogen and oxygen atoms in total. The van der Waals surface area contributed by atoms with Gasteiger partial charge in [0.15, 0.2) is 11.5 Å². The van der Waals surface area contributed by atoms with Crippen molar-refractivity contribution in [1.29, 1.82) is 0 Å². The minimum absolute atomic E-state index is 0.170. The Kier molecular flexibility index (Phi) is 5.08. The molecule has 0 aliphatic carbocycles. The number of nitrogens with zero attached hydrogens (tertiary/aromatic N) is 6. The first-order valence-corrected chi connectivity index (χ1v) is 11.2. The zero-order valence-corrected chi connectivity index (χ0v) is 18.7. The molecule has 0 N–H and O–H groups in total. The van der Waals surface area contributed by atoms with E-state index >= 15 is 0 Å². The van der Waals surface area contributed by atoms with Crippen LogP contribution in [0.15, 0.2) is 58.9 Å². The largest absolute Gasteiger partial charge is 0.378 e. The quantitative estimate of drug-likeness (QED) is 0.421. The molecule has 2 aliphatic rings. The van der Waals surface area contributed by atoms with Crippen molar-refractivity contribution in [3.63, 3.8) is 0 Å². The standard InChI is InChI=1S/C24H18ClFN6O2/c25-19-13-27-23(31-7-9-34-10-8-31)24-28-21(14-1-4-17(26)5-2-14)22(32(19)24)15-3-6-18-16(11-15)12-20(33)30-29-18/h1-6,11,13H,7-10,12H2. The van der Waals surface area contributed by atoms with Gasteiger partial charge in [-0.15, -0.1) is 10.2 Å². The van der Waals surface area contributed by atoms with Gasteiger partial charge in [0.25, 0.3) is 5.91 Å². The minimum Gasteiger partial charge on any atom is -0.378 e. The predicted octanol–water partition coefficient (Wildman–Crippen LogP) is 4.86. The summed E-state index contributed by atoms with van der Waals surface area (Å²) in [6.07, 6.45) is 1.78. The molecule has 2 aliphatic heterocycles. The Morgan fingerprint density at radius 3 is 2.56 bits per heavy atom. The molecule has 2 aromatic carbocycles. The van der Waals surface area contributed by atoms with Gasteiger partial charge in [-0.25, -0.2) is 14.4 Å². The number of ether oxygens (including phenoxy) is 1. The summed E-state index contributed by atoms with van der Waals surface area (Å²) >= 11 is 6.69. The van der Waals surface area contributed by atoms with Crippen LogP contribution in [-0.4, -0.2) is 46.6 Å². The SMILES string of the molecule is O=C1Cc2cc(-c3c(-c4ccc(F)cc4)nc4c(N5CCOCC5)ncc(Cl)n34)ccc2N=N1. The molecule has 0 bridgehead atoms. The van der Waals surface area contributed by atoms with E-state index < -0.39 is 0 Å². The van der Waals surface area contributed by atoms with Crippen molar-refractivity contribution < 1.29 is 13.9 Å². The zero-order valence-electron chi connectivity index (χ0n) is 17.9. The van der Waals surface area contributed by atoms with Crippen molar-refractivity contribution in [3.8, 4) is 22.5 Å². The molecule has 0 spiro atoms. The first-order chi connectivity index (χ1) is 16.6. The fraction of sp³-hybridized carbons (Fsp3) is 0.208. The van der Waals surface area contributed by atoms with Crippen molar-refractivity contribution in [2.24, 2.45) is 10.2 Å². The number of fused-ring (bicyclic) bond motifs is 2. The van der Waals surface area contributed by atoms with Gasteiger partial charge in [-0.3, -0.25) is 9.20 Å². The van der Waals surface area contributed by atoms with Crippen molar-refractivity contribution >= 4 is 34.7 Å². The minimum atomic E-state index is -0.333. The lowest BCUT2D eigenvalue weighted by atomic mass is 10.00. The molecule has 34 heavy (non-hydrogen) atoms. The number of amides is 1. The third-order valence-corrected chi connectivity index (χ3v) is 6.24. The third-order valence-electron chi connectivity index (χ3n) is 5.98. The summed E-state index contributed by atoms with van der Waals surface area (Å²) in [5, 5.41) is 8.04. The molecular formula is C24H18ClFN6O2. The highest BCUT2D eigenvalue weighted by molar-refractivity contribution is 6.30. The van der Waals surface area contributed by atoms with E-state index in [1.807, 2.05) is 22.6 Å². The van der Waals surface area contributed by atoms with E-state index in [9.17, 15) is 9.18 Å². The van der Waals surface area contributed by atoms with Gasteiger partial charge in [-0.2, -0.15) is 0 Å². The van der Waals surface area contributed by atoms with Crippen LogP contribution >= 0.6 is 11.6 Å². The zero-order chi connectivity index (χ0) is 23.2. The number of hydrogen-bond donors (Lipinski definition) is 0. The van der Waals surface area contributed by atoms with E-state index in [1.165, 1.54) is 12.1 Å². The van der Waals surface area contributed by atoms with E-state index in [1.54, 1.807) is 18.3 Å². The predicted molar refractivity (Wildman–Crippen MR) is 125 cm³/mol. The lowest BCUT2D eigenvalue weighted by Crippen LogP contribution is -2.37. The molecule has 4 aromatic rings. The van der Waals surface area contributed by atoms with Crippen LogP contribution < -0.4 is 4.90 Å². The van der Waals surface area contributed by atoms with E-state index in [0.717, 1.165) is 22.4 Å². The summed E-state index contributed by atoms with van der Waals surface area (Å²) < 4.78 is 21.0. The molecule has 4 heterocycles. The molecule has 1 saturated heterocycles. The fourth-order valence-electron chi connectivity index (χ4n) is 4.36. The summed E-state index contributed by atoms with van der Waals surface area (Å²) in [4.78, 5) is 23.5. The highest BCUT2D eigenvalue weighted by Crippen LogP contribution is 2.39. The number of benzene rings is 2. The molecule has 170 valence electrons. The maximum atomic E-state index is 13.7. The van der Waals surface area contributed by atoms with Crippen LogP contribution in [0.4, 0.5) is 15.9 Å². The van der Waals surface area contributed by atoms with Gasteiger partial charge in [0.05, 0.1) is 42.9 Å². The molecule has 10 heteroatoms. The number of aromatic nitrogens is 3. The summed E-state index contributed by atoms with van der Waals surface area (Å²) in [6, 6.07) is 11.8. The van der Waals surface area contributed by atoms with Crippen LogP contribution in [0.1, 0.15) is 5.56 Å². The van der Waals surface area contributed by atoms with E-state index in [0.29, 0.717) is 54.3 Å². The average Bonchev–Trinajstić information content (AvgIpc) is 3.26. The Morgan fingerprint density at radius 2 is 1.76 bits per heavy atom. The highest BCUT2D eigenvalue weighted by atomic mass is 35.5. The van der Waals surface area contributed by atoms with Crippen LogP contribution in [0.5, 0.6) is 0 Å². The molecule has 0 unspecified atom stereocenters. The monoisotopic (exact) mass is 476 g/mol. The van der Waals surface area contributed by atoms with Crippen LogP contribution in [0, 0.1) is 5.82 Å². The highest BCUT2D eigenvalue weighted by Gasteiger charge is 2.25. The van der Waals surface area contributed by atoms with Crippen molar-refractivity contribution in [1.82, 2.24) is 14.4 Å². The molecule has 0 saturated carbocycles. The summed E-state index contributed by atoms with van der Waals surface area (Å²) in [5.74, 6) is 0.0723. The van der Waals surface area contributed by atoms with Crippen molar-refractivity contribution in [3.05, 3.63) is 65.2 Å². The number of morpholine rings is 1. The van der Waals surface area contributed by atoms with Crippen LogP contribution in [0.25, 0.3) is 28.2 Å². The molecule has 6 rings (SSSR count). The Balaban J connectivity index is 1.62. The van der Waals surface area contributed by atoms with E-state index in [4.69, 9.17) is 21.3 Å². The molecule has 2 aromatic heterocycles. The molecule has 1 fully saturated rings. The number of halogens is 2. The van der Waals surface area contributed by atoms with Gasteiger partial charge in [0, 0.05) is 24.2 Å². The Bertz CT molecular complexity index is 1460. The number of anilines is 1. The number of hydrogen-bond acceptors (Lipinski definition) is 6. The number of carbonyl (C=O) groups is 1. The smallest absolute Gasteiger partial charge is 0.269 e. The second-order valence-corrected chi connectivity index (χ2v) is 8.48. The summed E-state index contributed by atoms with van der Waals surface area (Å²) in [6.45, 7) is 2.57. The van der Waals surface area contributed by atoms with Gasteiger partial charge >= 0.3 is 0 Å². The second-order valence-electron chi connectivity index (χ2n) is 8.09. The lowest BCUT2D eigenvalue weighted by Gasteiger charge is -2.28. The summed E-state index contributed by atoms with van der Waals surface area (Å²) in [5.41, 5.74) is 4.92. The van der Waals surface area contributed by atoms with Gasteiger partial charge in [0.2, 0.25) is 0 Å². The van der Waals surface area contributed by atoms with E-state index in [-0.39, 0.29) is 18.1 Å². The number of rotatable bonds is 3. The maximum absolute atomic E-state index is 13.7. The van der Waals surface area contributed by atoms with Crippen molar-refractivity contribution in [2.45, 2.75) is 6.42 Å². The van der Waals surface area contributed by atoms with Gasteiger partial charge in [0.1, 0.15) is 11.0 Å². The Morgan fingerprint density at radius 1 is 1.00 bits per heavy atom. The number of imidazole rings is 1.